The lowest BCUT2D eigenvalue weighted by Crippen LogP contribution is -2.43. The summed E-state index contributed by atoms with van der Waals surface area (Å²) in [6, 6.07) is 8.58. The number of ether oxygens (including phenoxy) is 1. The Hall–Kier alpha value is -1.71. The first kappa shape index (κ1) is 18.6. The molecule has 1 aromatic carbocycles. The highest BCUT2D eigenvalue weighted by Gasteiger charge is 2.15. The number of carbonyl (C=O) groups is 1. The van der Waals surface area contributed by atoms with Gasteiger partial charge in [-0.3, -0.25) is 0 Å². The van der Waals surface area contributed by atoms with E-state index < -0.39 is 0 Å². The number of carbonyl (C=O) groups excluding carboxylic acids is 1. The van der Waals surface area contributed by atoms with Crippen LogP contribution in [0.25, 0.3) is 0 Å². The van der Waals surface area contributed by atoms with Gasteiger partial charge in [-0.25, -0.2) is 4.79 Å². The summed E-state index contributed by atoms with van der Waals surface area (Å²) in [5, 5.41) is 5.97. The van der Waals surface area contributed by atoms with E-state index in [9.17, 15) is 4.79 Å². The second-order valence-electron chi connectivity index (χ2n) is 7.71. The molecule has 4 heteroatoms. The van der Waals surface area contributed by atoms with Crippen molar-refractivity contribution in [2.24, 2.45) is 0 Å². The van der Waals surface area contributed by atoms with E-state index in [0.29, 0.717) is 19.2 Å². The van der Waals surface area contributed by atoms with Crippen LogP contribution in [0.1, 0.15) is 64.9 Å². The van der Waals surface area contributed by atoms with Crippen LogP contribution in [-0.2, 0) is 5.41 Å². The van der Waals surface area contributed by atoms with Crippen LogP contribution in [0.5, 0.6) is 5.75 Å². The largest absolute Gasteiger partial charge is 0.494 e. The summed E-state index contributed by atoms with van der Waals surface area (Å²) in [6.07, 6.45) is 6.79. The fourth-order valence-corrected chi connectivity index (χ4v) is 3.00. The predicted octanol–water partition coefficient (Wildman–Crippen LogP) is 4.38. The second-order valence-corrected chi connectivity index (χ2v) is 7.71. The number of hydrogen-bond donors (Lipinski definition) is 2. The van der Waals surface area contributed by atoms with Crippen molar-refractivity contribution in [2.45, 2.75) is 70.8 Å². The lowest BCUT2D eigenvalue weighted by Gasteiger charge is -2.22. The third-order valence-corrected chi connectivity index (χ3v) is 4.54. The van der Waals surface area contributed by atoms with E-state index in [1.54, 1.807) is 0 Å². The molecule has 1 aliphatic rings. The lowest BCUT2D eigenvalue weighted by atomic mass is 9.87. The zero-order valence-electron chi connectivity index (χ0n) is 15.4. The first-order valence-corrected chi connectivity index (χ1v) is 9.23. The summed E-state index contributed by atoms with van der Waals surface area (Å²) in [6.45, 7) is 7.85. The molecule has 1 saturated carbocycles. The van der Waals surface area contributed by atoms with E-state index in [2.05, 4.69) is 43.5 Å². The maximum absolute atomic E-state index is 11.8. The lowest BCUT2D eigenvalue weighted by molar-refractivity contribution is 0.231. The molecule has 0 aromatic heterocycles. The second kappa shape index (κ2) is 8.95. The summed E-state index contributed by atoms with van der Waals surface area (Å²) in [5.74, 6) is 0.884. The van der Waals surface area contributed by atoms with Gasteiger partial charge in [0, 0.05) is 12.6 Å². The Kier molecular flexibility index (Phi) is 6.95. The predicted molar refractivity (Wildman–Crippen MR) is 98.7 cm³/mol. The van der Waals surface area contributed by atoms with Crippen molar-refractivity contribution < 1.29 is 9.53 Å². The molecule has 0 saturated heterocycles. The van der Waals surface area contributed by atoms with Gasteiger partial charge in [-0.1, -0.05) is 52.2 Å². The zero-order chi connectivity index (χ0) is 17.4. The Morgan fingerprint density at radius 1 is 1.12 bits per heavy atom. The van der Waals surface area contributed by atoms with Crippen molar-refractivity contribution in [3.8, 4) is 5.75 Å². The number of hydrogen-bond acceptors (Lipinski definition) is 2. The Morgan fingerprint density at radius 3 is 2.42 bits per heavy atom. The van der Waals surface area contributed by atoms with Crippen LogP contribution in [0.2, 0.25) is 0 Å². The van der Waals surface area contributed by atoms with Gasteiger partial charge in [-0.15, -0.1) is 0 Å². The summed E-state index contributed by atoms with van der Waals surface area (Å²) < 4.78 is 5.73. The topological polar surface area (TPSA) is 50.4 Å². The van der Waals surface area contributed by atoms with Gasteiger partial charge in [-0.2, -0.15) is 0 Å². The molecule has 0 radical (unpaired) electrons. The van der Waals surface area contributed by atoms with Gasteiger partial charge < -0.3 is 15.4 Å². The highest BCUT2D eigenvalue weighted by atomic mass is 16.5. The minimum atomic E-state index is -0.0450. The Balaban J connectivity index is 1.58. The molecule has 24 heavy (non-hydrogen) atoms. The number of urea groups is 1. The normalized spacial score (nSPS) is 15.8. The Morgan fingerprint density at radius 2 is 1.79 bits per heavy atom. The highest BCUT2D eigenvalue weighted by Crippen LogP contribution is 2.24. The number of nitrogens with one attached hydrogen (secondary N) is 2. The maximum Gasteiger partial charge on any atom is 0.315 e. The van der Waals surface area contributed by atoms with Crippen LogP contribution in [0, 0.1) is 0 Å². The van der Waals surface area contributed by atoms with Crippen molar-refractivity contribution in [1.29, 1.82) is 0 Å². The SMILES string of the molecule is CC(C)(C)c1ccc(OCCCNC(=O)NC2CCCCC2)cc1. The number of benzene rings is 1. The van der Waals surface area contributed by atoms with Crippen molar-refractivity contribution in [2.75, 3.05) is 13.2 Å². The first-order chi connectivity index (χ1) is 11.4. The average Bonchev–Trinajstić information content (AvgIpc) is 2.55. The summed E-state index contributed by atoms with van der Waals surface area (Å²) >= 11 is 0. The third-order valence-electron chi connectivity index (χ3n) is 4.54. The van der Waals surface area contributed by atoms with Crippen molar-refractivity contribution in [3.63, 3.8) is 0 Å². The molecule has 4 nitrogen and oxygen atoms in total. The summed E-state index contributed by atoms with van der Waals surface area (Å²) in [4.78, 5) is 11.8. The van der Waals surface area contributed by atoms with Gasteiger partial charge in [-0.05, 0) is 42.4 Å². The average molecular weight is 332 g/mol. The van der Waals surface area contributed by atoms with Gasteiger partial charge in [0.05, 0.1) is 6.61 Å². The number of amides is 2. The molecule has 0 atom stereocenters. The minimum absolute atomic E-state index is 0.0450. The van der Waals surface area contributed by atoms with E-state index in [0.717, 1.165) is 25.0 Å². The van der Waals surface area contributed by atoms with Gasteiger partial charge in [0.2, 0.25) is 0 Å². The maximum atomic E-state index is 11.8. The van der Waals surface area contributed by atoms with Gasteiger partial charge in [0.1, 0.15) is 5.75 Å². The highest BCUT2D eigenvalue weighted by molar-refractivity contribution is 5.74. The van der Waals surface area contributed by atoms with Crippen molar-refractivity contribution in [1.82, 2.24) is 10.6 Å². The number of rotatable bonds is 6. The van der Waals surface area contributed by atoms with Gasteiger partial charge in [0.15, 0.2) is 0 Å². The molecular weight excluding hydrogens is 300 g/mol. The van der Waals surface area contributed by atoms with E-state index >= 15 is 0 Å². The molecule has 0 unspecified atom stereocenters. The van der Waals surface area contributed by atoms with E-state index in [1.807, 2.05) is 12.1 Å². The van der Waals surface area contributed by atoms with Gasteiger partial charge in [0.25, 0.3) is 0 Å². The molecule has 1 fully saturated rings. The first-order valence-electron chi connectivity index (χ1n) is 9.23. The molecule has 0 spiro atoms. The summed E-state index contributed by atoms with van der Waals surface area (Å²) in [5.41, 5.74) is 1.46. The van der Waals surface area contributed by atoms with Crippen LogP contribution < -0.4 is 15.4 Å². The van der Waals surface area contributed by atoms with Crippen LogP contribution in [-0.4, -0.2) is 25.2 Å². The third kappa shape index (κ3) is 6.42. The van der Waals surface area contributed by atoms with Crippen LogP contribution in [0.3, 0.4) is 0 Å². The Bertz CT molecular complexity index is 499. The fraction of sp³-hybridized carbons (Fsp3) is 0.650. The molecule has 2 amide bonds. The molecule has 0 heterocycles. The van der Waals surface area contributed by atoms with Crippen molar-refractivity contribution in [3.05, 3.63) is 29.8 Å². The minimum Gasteiger partial charge on any atom is -0.494 e. The zero-order valence-corrected chi connectivity index (χ0v) is 15.4. The fourth-order valence-electron chi connectivity index (χ4n) is 3.00. The molecular formula is C20H32N2O2. The molecule has 1 aromatic rings. The molecule has 2 rings (SSSR count). The molecule has 1 aliphatic carbocycles. The molecule has 2 N–H and O–H groups in total. The molecule has 0 bridgehead atoms. The van der Waals surface area contributed by atoms with E-state index in [-0.39, 0.29) is 11.4 Å². The van der Waals surface area contributed by atoms with E-state index in [1.165, 1.54) is 24.8 Å². The Labute approximate surface area is 146 Å². The van der Waals surface area contributed by atoms with E-state index in [4.69, 9.17) is 4.74 Å². The van der Waals surface area contributed by atoms with Crippen LogP contribution >= 0.6 is 0 Å². The van der Waals surface area contributed by atoms with Crippen molar-refractivity contribution >= 4 is 6.03 Å². The summed E-state index contributed by atoms with van der Waals surface area (Å²) in [7, 11) is 0. The quantitative estimate of drug-likeness (QED) is 0.759. The standard InChI is InChI=1S/C20H32N2O2/c1-20(2,3)16-10-12-18(13-11-16)24-15-7-14-21-19(23)22-17-8-5-4-6-9-17/h10-13,17H,4-9,14-15H2,1-3H3,(H2,21,22,23). The monoisotopic (exact) mass is 332 g/mol. The van der Waals surface area contributed by atoms with Gasteiger partial charge >= 0.3 is 6.03 Å². The molecule has 0 aliphatic heterocycles. The van der Waals surface area contributed by atoms with Crippen LogP contribution in [0.15, 0.2) is 24.3 Å². The smallest absolute Gasteiger partial charge is 0.315 e. The molecule has 134 valence electrons. The van der Waals surface area contributed by atoms with Crippen LogP contribution in [0.4, 0.5) is 4.79 Å².